The van der Waals surface area contributed by atoms with Gasteiger partial charge in [0, 0.05) is 42.9 Å². The van der Waals surface area contributed by atoms with E-state index in [-0.39, 0.29) is 12.1 Å². The molecule has 5 nitrogen and oxygen atoms in total. The number of fused-ring (bicyclic) bond motifs is 1. The summed E-state index contributed by atoms with van der Waals surface area (Å²) in [5.74, 6) is 1.59. The average molecular weight is 287 g/mol. The van der Waals surface area contributed by atoms with Gasteiger partial charge in [0.05, 0.1) is 12.8 Å². The van der Waals surface area contributed by atoms with E-state index in [2.05, 4.69) is 12.0 Å². The summed E-state index contributed by atoms with van der Waals surface area (Å²) in [5, 5.41) is 4.49. The molecule has 2 aromatic rings. The molecule has 0 saturated carbocycles. The first kappa shape index (κ1) is 13.9. The third kappa shape index (κ3) is 2.49. The molecule has 3 rings (SSSR count). The van der Waals surface area contributed by atoms with Crippen molar-refractivity contribution in [1.29, 1.82) is 0 Å². The van der Waals surface area contributed by atoms with Crippen molar-refractivity contribution in [3.8, 4) is 11.5 Å². The molecule has 0 amide bonds. The molecule has 1 aliphatic heterocycles. The van der Waals surface area contributed by atoms with Crippen molar-refractivity contribution in [2.45, 2.75) is 31.9 Å². The zero-order valence-corrected chi connectivity index (χ0v) is 12.7. The maximum absolute atomic E-state index is 6.32. The molecule has 2 unspecified atom stereocenters. The molecule has 0 fully saturated rings. The molecule has 2 N–H and O–H groups in total. The highest BCUT2D eigenvalue weighted by Gasteiger charge is 2.29. The summed E-state index contributed by atoms with van der Waals surface area (Å²) < 4.78 is 13.3. The van der Waals surface area contributed by atoms with Gasteiger partial charge in [-0.1, -0.05) is 13.0 Å². The lowest BCUT2D eigenvalue weighted by Gasteiger charge is -2.30. The van der Waals surface area contributed by atoms with Crippen LogP contribution in [0, 0.1) is 0 Å². The van der Waals surface area contributed by atoms with Gasteiger partial charge in [0.1, 0.15) is 17.6 Å². The lowest BCUT2D eigenvalue weighted by Crippen LogP contribution is -2.24. The molecule has 1 aliphatic rings. The zero-order chi connectivity index (χ0) is 15.0. The van der Waals surface area contributed by atoms with Gasteiger partial charge in [0.25, 0.3) is 0 Å². The fourth-order valence-corrected chi connectivity index (χ4v) is 2.90. The van der Waals surface area contributed by atoms with Crippen LogP contribution in [0.2, 0.25) is 0 Å². The highest BCUT2D eigenvalue weighted by Crippen LogP contribution is 2.41. The first-order chi connectivity index (χ1) is 10.1. The van der Waals surface area contributed by atoms with Crippen LogP contribution in [0.4, 0.5) is 0 Å². The van der Waals surface area contributed by atoms with Crippen molar-refractivity contribution < 1.29 is 9.47 Å². The van der Waals surface area contributed by atoms with E-state index in [1.165, 1.54) is 0 Å². The number of nitrogens with two attached hydrogens (primary N) is 1. The van der Waals surface area contributed by atoms with E-state index in [9.17, 15) is 0 Å². The minimum absolute atomic E-state index is 0.0328. The SMILES string of the molecule is CCc1nn(C)cc1C1CC(N)c2ccc(OC)cc2O1. The molecule has 5 heteroatoms. The van der Waals surface area contributed by atoms with Crippen LogP contribution >= 0.6 is 0 Å². The fourth-order valence-electron chi connectivity index (χ4n) is 2.90. The molecule has 21 heavy (non-hydrogen) atoms. The quantitative estimate of drug-likeness (QED) is 0.942. The minimum atomic E-state index is -0.0525. The summed E-state index contributed by atoms with van der Waals surface area (Å²) in [5.41, 5.74) is 9.55. The number of nitrogens with zero attached hydrogens (tertiary/aromatic N) is 2. The fraction of sp³-hybridized carbons (Fsp3) is 0.438. The van der Waals surface area contributed by atoms with Crippen molar-refractivity contribution in [2.24, 2.45) is 12.8 Å². The molecule has 0 aliphatic carbocycles. The third-order valence-electron chi connectivity index (χ3n) is 3.98. The van der Waals surface area contributed by atoms with Crippen LogP contribution in [0.25, 0.3) is 0 Å². The van der Waals surface area contributed by atoms with Gasteiger partial charge in [-0.15, -0.1) is 0 Å². The van der Waals surface area contributed by atoms with Crippen LogP contribution in [0.5, 0.6) is 11.5 Å². The maximum Gasteiger partial charge on any atom is 0.129 e. The third-order valence-corrected chi connectivity index (χ3v) is 3.98. The molecular formula is C16H21N3O2. The Morgan fingerprint density at radius 3 is 2.95 bits per heavy atom. The summed E-state index contributed by atoms with van der Waals surface area (Å²) >= 11 is 0. The molecule has 1 aromatic carbocycles. The second-order valence-corrected chi connectivity index (χ2v) is 5.41. The Kier molecular flexibility index (Phi) is 3.59. The Hall–Kier alpha value is -2.01. The number of hydrogen-bond donors (Lipinski definition) is 1. The van der Waals surface area contributed by atoms with E-state index in [0.29, 0.717) is 0 Å². The van der Waals surface area contributed by atoms with Crippen molar-refractivity contribution >= 4 is 0 Å². The van der Waals surface area contributed by atoms with E-state index >= 15 is 0 Å². The topological polar surface area (TPSA) is 62.3 Å². The highest BCUT2D eigenvalue weighted by molar-refractivity contribution is 5.44. The van der Waals surface area contributed by atoms with Gasteiger partial charge in [-0.05, 0) is 12.5 Å². The predicted octanol–water partition coefficient (Wildman–Crippen LogP) is 2.51. The lowest BCUT2D eigenvalue weighted by atomic mass is 9.93. The van der Waals surface area contributed by atoms with Gasteiger partial charge < -0.3 is 15.2 Å². The second kappa shape index (κ2) is 5.41. The number of rotatable bonds is 3. The number of aryl methyl sites for hydroxylation is 2. The smallest absolute Gasteiger partial charge is 0.129 e. The summed E-state index contributed by atoms with van der Waals surface area (Å²) in [6.07, 6.45) is 3.62. The van der Waals surface area contributed by atoms with Gasteiger partial charge in [-0.3, -0.25) is 4.68 Å². The molecule has 0 spiro atoms. The Bertz CT molecular complexity index is 651. The summed E-state index contributed by atoms with van der Waals surface area (Å²) in [7, 11) is 3.58. The van der Waals surface area contributed by atoms with Crippen molar-refractivity contribution in [3.63, 3.8) is 0 Å². The van der Waals surface area contributed by atoms with Gasteiger partial charge in [0.15, 0.2) is 0 Å². The number of ether oxygens (including phenoxy) is 2. The van der Waals surface area contributed by atoms with E-state index in [1.807, 2.05) is 36.1 Å². The average Bonchev–Trinajstić information content (AvgIpc) is 2.87. The minimum Gasteiger partial charge on any atom is -0.497 e. The first-order valence-electron chi connectivity index (χ1n) is 7.25. The zero-order valence-electron chi connectivity index (χ0n) is 12.7. The van der Waals surface area contributed by atoms with Crippen molar-refractivity contribution in [2.75, 3.05) is 7.11 Å². The molecule has 2 atom stereocenters. The van der Waals surface area contributed by atoms with Gasteiger partial charge in [-0.25, -0.2) is 0 Å². The molecule has 0 saturated heterocycles. The van der Waals surface area contributed by atoms with Crippen LogP contribution in [-0.2, 0) is 13.5 Å². The van der Waals surface area contributed by atoms with E-state index in [4.69, 9.17) is 15.2 Å². The van der Waals surface area contributed by atoms with E-state index in [1.54, 1.807) is 7.11 Å². The van der Waals surface area contributed by atoms with Crippen LogP contribution in [0.15, 0.2) is 24.4 Å². The summed E-state index contributed by atoms with van der Waals surface area (Å²) in [6.45, 7) is 2.10. The monoisotopic (exact) mass is 287 g/mol. The number of aromatic nitrogens is 2. The Morgan fingerprint density at radius 1 is 1.43 bits per heavy atom. The molecule has 1 aromatic heterocycles. The lowest BCUT2D eigenvalue weighted by molar-refractivity contribution is 0.160. The predicted molar refractivity (Wildman–Crippen MR) is 80.5 cm³/mol. The Balaban J connectivity index is 1.96. The molecule has 112 valence electrons. The van der Waals surface area contributed by atoms with Crippen LogP contribution < -0.4 is 15.2 Å². The number of benzene rings is 1. The number of hydrogen-bond acceptors (Lipinski definition) is 4. The largest absolute Gasteiger partial charge is 0.497 e. The second-order valence-electron chi connectivity index (χ2n) is 5.41. The van der Waals surface area contributed by atoms with Gasteiger partial charge in [-0.2, -0.15) is 5.10 Å². The molecule has 0 radical (unpaired) electrons. The maximum atomic E-state index is 6.32. The van der Waals surface area contributed by atoms with Gasteiger partial charge >= 0.3 is 0 Å². The first-order valence-corrected chi connectivity index (χ1v) is 7.25. The van der Waals surface area contributed by atoms with Crippen LogP contribution in [0.1, 0.15) is 42.3 Å². The number of methoxy groups -OCH3 is 1. The van der Waals surface area contributed by atoms with Crippen LogP contribution in [0.3, 0.4) is 0 Å². The highest BCUT2D eigenvalue weighted by atomic mass is 16.5. The molecule has 0 bridgehead atoms. The van der Waals surface area contributed by atoms with E-state index < -0.39 is 0 Å². The van der Waals surface area contributed by atoms with Crippen molar-refractivity contribution in [3.05, 3.63) is 41.2 Å². The Labute approximate surface area is 124 Å². The van der Waals surface area contributed by atoms with Gasteiger partial charge in [0.2, 0.25) is 0 Å². The summed E-state index contributed by atoms with van der Waals surface area (Å²) in [6, 6.07) is 5.78. The molecular weight excluding hydrogens is 266 g/mol. The summed E-state index contributed by atoms with van der Waals surface area (Å²) in [4.78, 5) is 0. The van der Waals surface area contributed by atoms with Crippen molar-refractivity contribution in [1.82, 2.24) is 9.78 Å². The molecule has 2 heterocycles. The normalized spacial score (nSPS) is 20.8. The van der Waals surface area contributed by atoms with Crippen LogP contribution in [-0.4, -0.2) is 16.9 Å². The standard InChI is InChI=1S/C16H21N3O2/c1-4-14-12(9-19(2)18-14)16-8-13(17)11-6-5-10(20-3)7-15(11)21-16/h5-7,9,13,16H,4,8,17H2,1-3H3. The Morgan fingerprint density at radius 2 is 2.24 bits per heavy atom. The van der Waals surface area contributed by atoms with E-state index in [0.717, 1.165) is 41.2 Å².